The summed E-state index contributed by atoms with van der Waals surface area (Å²) in [6.07, 6.45) is 0. The molecule has 0 radical (unpaired) electrons. The molecule has 0 saturated heterocycles. The molecule has 0 fully saturated rings. The second kappa shape index (κ2) is 8.64. The molecule has 0 aliphatic carbocycles. The Morgan fingerprint density at radius 3 is 2.11 bits per heavy atom. The highest BCUT2D eigenvalue weighted by atomic mass is 35.5. The first-order valence-corrected chi connectivity index (χ1v) is 9.98. The summed E-state index contributed by atoms with van der Waals surface area (Å²) < 4.78 is 27.8. The van der Waals surface area contributed by atoms with Crippen molar-refractivity contribution in [3.63, 3.8) is 0 Å². The van der Waals surface area contributed by atoms with Gasteiger partial charge in [-0.1, -0.05) is 46.4 Å². The summed E-state index contributed by atoms with van der Waals surface area (Å²) in [6, 6.07) is 6.28. The highest BCUT2D eigenvalue weighted by Crippen LogP contribution is 2.28. The van der Waals surface area contributed by atoms with E-state index in [1.807, 2.05) is 0 Å². The van der Waals surface area contributed by atoms with Gasteiger partial charge in [-0.2, -0.15) is 0 Å². The van der Waals surface area contributed by atoms with Gasteiger partial charge in [0, 0.05) is 15.7 Å². The van der Waals surface area contributed by atoms with E-state index in [-0.39, 0.29) is 15.6 Å². The van der Waals surface area contributed by atoms with Gasteiger partial charge in [-0.05, 0) is 30.3 Å². The Balaban J connectivity index is 2.10. The van der Waals surface area contributed by atoms with Crippen LogP contribution in [0.3, 0.4) is 0 Å². The third kappa shape index (κ3) is 5.97. The van der Waals surface area contributed by atoms with Gasteiger partial charge in [0.25, 0.3) is 5.91 Å². The van der Waals surface area contributed by atoms with Crippen molar-refractivity contribution in [1.29, 1.82) is 0 Å². The number of primary sulfonamides is 1. The SMILES string of the molecule is NS(=O)(=O)c1cc(C(=O)OCC(=O)Nc2cc(Cl)cc(Cl)c2)c(Cl)cc1Cl. The fraction of sp³-hybridized carbons (Fsp3) is 0.0667. The highest BCUT2D eigenvalue weighted by molar-refractivity contribution is 7.89. The van der Waals surface area contributed by atoms with Crippen LogP contribution in [-0.2, 0) is 19.6 Å². The van der Waals surface area contributed by atoms with Gasteiger partial charge < -0.3 is 10.1 Å². The third-order valence-corrected chi connectivity index (χ3v) is 5.15. The molecule has 3 N–H and O–H groups in total. The molecule has 0 unspecified atom stereocenters. The van der Waals surface area contributed by atoms with Crippen LogP contribution in [0.2, 0.25) is 20.1 Å². The predicted molar refractivity (Wildman–Crippen MR) is 103 cm³/mol. The Morgan fingerprint density at radius 2 is 1.56 bits per heavy atom. The lowest BCUT2D eigenvalue weighted by molar-refractivity contribution is -0.119. The number of benzene rings is 2. The van der Waals surface area contributed by atoms with E-state index in [9.17, 15) is 18.0 Å². The Bertz CT molecular complexity index is 1010. The number of amides is 1. The lowest BCUT2D eigenvalue weighted by atomic mass is 10.2. The maximum absolute atomic E-state index is 12.1. The number of hydrogen-bond acceptors (Lipinski definition) is 5. The number of anilines is 1. The average Bonchev–Trinajstić information content (AvgIpc) is 2.50. The van der Waals surface area contributed by atoms with Crippen molar-refractivity contribution in [2.24, 2.45) is 5.14 Å². The van der Waals surface area contributed by atoms with Crippen LogP contribution in [-0.4, -0.2) is 26.9 Å². The summed E-state index contributed by atoms with van der Waals surface area (Å²) in [5.41, 5.74) is -0.0155. The lowest BCUT2D eigenvalue weighted by Gasteiger charge is -2.10. The van der Waals surface area contributed by atoms with Crippen molar-refractivity contribution in [2.75, 3.05) is 11.9 Å². The molecule has 2 aromatic rings. The monoisotopic (exact) mass is 470 g/mol. The number of hydrogen-bond donors (Lipinski definition) is 2. The molecular weight excluding hydrogens is 462 g/mol. The van der Waals surface area contributed by atoms with Crippen LogP contribution >= 0.6 is 46.4 Å². The molecular formula is C15H10Cl4N2O5S. The van der Waals surface area contributed by atoms with E-state index in [0.29, 0.717) is 15.7 Å². The van der Waals surface area contributed by atoms with Crippen molar-refractivity contribution in [1.82, 2.24) is 0 Å². The quantitative estimate of drug-likeness (QED) is 0.644. The number of carbonyl (C=O) groups is 2. The molecule has 144 valence electrons. The maximum atomic E-state index is 12.1. The van der Waals surface area contributed by atoms with Crippen LogP contribution in [0.4, 0.5) is 5.69 Å². The minimum Gasteiger partial charge on any atom is -0.452 e. The van der Waals surface area contributed by atoms with Crippen molar-refractivity contribution in [3.05, 3.63) is 56.0 Å². The second-order valence-electron chi connectivity index (χ2n) is 5.09. The minimum absolute atomic E-state index is 0.167. The Hall–Kier alpha value is -1.55. The molecule has 0 aliphatic rings. The summed E-state index contributed by atoms with van der Waals surface area (Å²) >= 11 is 23.3. The van der Waals surface area contributed by atoms with E-state index >= 15 is 0 Å². The van der Waals surface area contributed by atoms with E-state index in [0.717, 1.165) is 12.1 Å². The van der Waals surface area contributed by atoms with Crippen molar-refractivity contribution in [2.45, 2.75) is 4.90 Å². The minimum atomic E-state index is -4.19. The zero-order valence-electron chi connectivity index (χ0n) is 13.1. The Labute approximate surface area is 174 Å². The van der Waals surface area contributed by atoms with E-state index < -0.39 is 33.4 Å². The van der Waals surface area contributed by atoms with E-state index in [4.69, 9.17) is 56.3 Å². The molecule has 0 atom stereocenters. The lowest BCUT2D eigenvalue weighted by Crippen LogP contribution is -2.21. The van der Waals surface area contributed by atoms with Gasteiger partial charge >= 0.3 is 5.97 Å². The molecule has 0 aliphatic heterocycles. The van der Waals surface area contributed by atoms with Gasteiger partial charge in [-0.25, -0.2) is 18.4 Å². The van der Waals surface area contributed by atoms with Crippen LogP contribution in [0.25, 0.3) is 0 Å². The number of ether oxygens (including phenoxy) is 1. The molecule has 7 nitrogen and oxygen atoms in total. The normalized spacial score (nSPS) is 11.1. The van der Waals surface area contributed by atoms with E-state index in [1.165, 1.54) is 18.2 Å². The first kappa shape index (κ1) is 21.7. The van der Waals surface area contributed by atoms with E-state index in [1.54, 1.807) is 0 Å². The van der Waals surface area contributed by atoms with Crippen molar-refractivity contribution < 1.29 is 22.7 Å². The topological polar surface area (TPSA) is 116 Å². The number of esters is 1. The molecule has 0 aromatic heterocycles. The van der Waals surface area contributed by atoms with Crippen molar-refractivity contribution >= 4 is 74.0 Å². The molecule has 0 bridgehead atoms. The summed E-state index contributed by atoms with van der Waals surface area (Å²) in [6.45, 7) is -0.674. The predicted octanol–water partition coefficient (Wildman–Crippen LogP) is 3.74. The summed E-state index contributed by atoms with van der Waals surface area (Å²) in [7, 11) is -4.19. The molecule has 2 aromatic carbocycles. The number of nitrogens with two attached hydrogens (primary N) is 1. The van der Waals surface area contributed by atoms with E-state index in [2.05, 4.69) is 5.32 Å². The second-order valence-corrected chi connectivity index (χ2v) is 8.31. The van der Waals surface area contributed by atoms with Crippen LogP contribution < -0.4 is 10.5 Å². The zero-order valence-corrected chi connectivity index (χ0v) is 17.0. The summed E-state index contributed by atoms with van der Waals surface area (Å²) in [4.78, 5) is 23.5. The first-order valence-electron chi connectivity index (χ1n) is 6.92. The number of nitrogens with one attached hydrogen (secondary N) is 1. The number of sulfonamides is 1. The van der Waals surface area contributed by atoms with Gasteiger partial charge in [-0.15, -0.1) is 0 Å². The third-order valence-electron chi connectivity index (χ3n) is 3.03. The summed E-state index contributed by atoms with van der Waals surface area (Å²) in [5, 5.41) is 7.64. The molecule has 2 rings (SSSR count). The largest absolute Gasteiger partial charge is 0.452 e. The van der Waals surface area contributed by atoms with Gasteiger partial charge in [-0.3, -0.25) is 4.79 Å². The average molecular weight is 472 g/mol. The molecule has 12 heteroatoms. The van der Waals surface area contributed by atoms with Crippen molar-refractivity contribution in [3.8, 4) is 0 Å². The Morgan fingerprint density at radius 1 is 0.963 bits per heavy atom. The van der Waals surface area contributed by atoms with Gasteiger partial charge in [0.1, 0.15) is 4.90 Å². The van der Waals surface area contributed by atoms with Crippen LogP contribution in [0.1, 0.15) is 10.4 Å². The van der Waals surface area contributed by atoms with Crippen LogP contribution in [0.15, 0.2) is 35.2 Å². The van der Waals surface area contributed by atoms with Gasteiger partial charge in [0.15, 0.2) is 6.61 Å². The maximum Gasteiger partial charge on any atom is 0.340 e. The first-order chi connectivity index (χ1) is 12.5. The van der Waals surface area contributed by atoms with Gasteiger partial charge in [0.05, 0.1) is 15.6 Å². The van der Waals surface area contributed by atoms with Crippen LogP contribution in [0.5, 0.6) is 0 Å². The molecule has 27 heavy (non-hydrogen) atoms. The summed E-state index contributed by atoms with van der Waals surface area (Å²) in [5.74, 6) is -1.72. The Kier molecular flexibility index (Phi) is 6.96. The number of carbonyl (C=O) groups excluding carboxylic acids is 2. The standard InChI is InChI=1S/C15H10Cl4N2O5S/c16-7-1-8(17)3-9(2-7)21-14(22)6-26-15(23)10-4-13(27(20,24)25)12(19)5-11(10)18/h1-5H,6H2,(H,21,22)(H2,20,24,25). The fourth-order valence-electron chi connectivity index (χ4n) is 1.94. The highest BCUT2D eigenvalue weighted by Gasteiger charge is 2.21. The molecule has 0 heterocycles. The van der Waals surface area contributed by atoms with Gasteiger partial charge in [0.2, 0.25) is 10.0 Å². The van der Waals surface area contributed by atoms with Crippen LogP contribution in [0, 0.1) is 0 Å². The fourth-order valence-corrected chi connectivity index (χ4v) is 3.86. The number of halogens is 4. The smallest absolute Gasteiger partial charge is 0.340 e. The zero-order chi connectivity index (χ0) is 20.4. The molecule has 1 amide bonds. The number of rotatable bonds is 5. The molecule has 0 saturated carbocycles. The molecule has 0 spiro atoms.